The van der Waals surface area contributed by atoms with Crippen LogP contribution in [0.25, 0.3) is 0 Å². The Morgan fingerprint density at radius 1 is 1.47 bits per heavy atom. The van der Waals surface area contributed by atoms with E-state index in [1.54, 1.807) is 0 Å². The first-order valence-electron chi connectivity index (χ1n) is 5.30. The maximum Gasteiger partial charge on any atom is 0.330 e. The highest BCUT2D eigenvalue weighted by Crippen LogP contribution is 2.19. The second-order valence-electron chi connectivity index (χ2n) is 3.61. The van der Waals surface area contributed by atoms with Crippen molar-refractivity contribution in [1.82, 2.24) is 5.32 Å². The Kier molecular flexibility index (Phi) is 6.61. The summed E-state index contributed by atoms with van der Waals surface area (Å²) in [5.41, 5.74) is 0.255. The number of rotatable bonds is 8. The summed E-state index contributed by atoms with van der Waals surface area (Å²) in [6.07, 6.45) is 2.96. The number of hydrogen-bond acceptors (Lipinski definition) is 2. The summed E-state index contributed by atoms with van der Waals surface area (Å²) < 4.78 is 0. The molecule has 0 aliphatic rings. The lowest BCUT2D eigenvalue weighted by Gasteiger charge is -2.25. The number of alkyl halides is 1. The van der Waals surface area contributed by atoms with E-state index in [0.29, 0.717) is 6.42 Å². The van der Waals surface area contributed by atoms with E-state index in [9.17, 15) is 4.79 Å². The first kappa shape index (κ1) is 14.5. The normalized spacial score (nSPS) is 11.4. The molecule has 88 valence electrons. The number of hydrogen-bond donors (Lipinski definition) is 2. The van der Waals surface area contributed by atoms with Gasteiger partial charge in [0.1, 0.15) is 0 Å². The average molecular weight is 234 g/mol. The molecular weight excluding hydrogens is 214 g/mol. The molecule has 0 saturated heterocycles. The molecule has 0 radical (unpaired) electrons. The minimum absolute atomic E-state index is 0.255. The van der Waals surface area contributed by atoms with Crippen molar-refractivity contribution >= 4 is 17.6 Å². The molecule has 3 nitrogen and oxygen atoms in total. The van der Waals surface area contributed by atoms with Crippen LogP contribution in [0.3, 0.4) is 0 Å². The van der Waals surface area contributed by atoms with Gasteiger partial charge >= 0.3 is 5.97 Å². The number of carboxylic acid groups (broad SMARTS) is 1. The van der Waals surface area contributed by atoms with E-state index in [1.165, 1.54) is 0 Å². The van der Waals surface area contributed by atoms with Crippen molar-refractivity contribution in [2.45, 2.75) is 44.5 Å². The molecule has 0 aliphatic carbocycles. The molecule has 0 unspecified atom stereocenters. The van der Waals surface area contributed by atoms with Crippen LogP contribution < -0.4 is 5.32 Å². The quantitative estimate of drug-likeness (QED) is 0.293. The lowest BCUT2D eigenvalue weighted by atomic mass is 10.1. The Labute approximate surface area is 96.5 Å². The molecule has 4 heteroatoms. The first-order chi connectivity index (χ1) is 6.95. The van der Waals surface area contributed by atoms with Gasteiger partial charge in [0.05, 0.1) is 5.00 Å². The predicted molar refractivity (Wildman–Crippen MR) is 63.2 cm³/mol. The van der Waals surface area contributed by atoms with Crippen molar-refractivity contribution in [2.24, 2.45) is 0 Å². The highest BCUT2D eigenvalue weighted by atomic mass is 35.5. The Balaban J connectivity index is 3.71. The second kappa shape index (κ2) is 6.85. The zero-order chi connectivity index (χ0) is 11.9. The Bertz CT molecular complexity index is 225. The molecule has 0 heterocycles. The van der Waals surface area contributed by atoms with E-state index in [4.69, 9.17) is 16.7 Å². The fraction of sp³-hybridized carbons (Fsp3) is 0.727. The van der Waals surface area contributed by atoms with Crippen molar-refractivity contribution in [1.29, 1.82) is 0 Å². The summed E-state index contributed by atoms with van der Waals surface area (Å²) in [5, 5.41) is 11.8. The second-order valence-corrected chi connectivity index (χ2v) is 4.33. The molecule has 0 aromatic heterocycles. The third-order valence-electron chi connectivity index (χ3n) is 2.52. The van der Waals surface area contributed by atoms with Gasteiger partial charge in [0.25, 0.3) is 0 Å². The van der Waals surface area contributed by atoms with Gasteiger partial charge in [-0.2, -0.15) is 0 Å². The largest absolute Gasteiger partial charge is 0.478 e. The van der Waals surface area contributed by atoms with Gasteiger partial charge in [0, 0.05) is 5.57 Å². The lowest BCUT2D eigenvalue weighted by Crippen LogP contribution is -2.39. The van der Waals surface area contributed by atoms with Crippen molar-refractivity contribution in [3.63, 3.8) is 0 Å². The Morgan fingerprint density at radius 3 is 2.40 bits per heavy atom. The zero-order valence-corrected chi connectivity index (χ0v) is 10.2. The maximum absolute atomic E-state index is 10.5. The monoisotopic (exact) mass is 233 g/mol. The van der Waals surface area contributed by atoms with E-state index in [0.717, 1.165) is 25.8 Å². The topological polar surface area (TPSA) is 49.3 Å². The van der Waals surface area contributed by atoms with Crippen LogP contribution in [0, 0.1) is 0 Å². The van der Waals surface area contributed by atoms with E-state index in [2.05, 4.69) is 11.9 Å². The Morgan fingerprint density at radius 2 is 2.00 bits per heavy atom. The predicted octanol–water partition coefficient (Wildman–Crippen LogP) is 2.75. The molecule has 15 heavy (non-hydrogen) atoms. The van der Waals surface area contributed by atoms with Gasteiger partial charge in [-0.1, -0.05) is 20.4 Å². The van der Waals surface area contributed by atoms with Gasteiger partial charge in [-0.15, -0.1) is 11.6 Å². The number of carboxylic acids is 1. The van der Waals surface area contributed by atoms with Crippen LogP contribution in [0.5, 0.6) is 0 Å². The van der Waals surface area contributed by atoms with Crippen molar-refractivity contribution < 1.29 is 9.90 Å². The highest BCUT2D eigenvalue weighted by molar-refractivity contribution is 6.23. The Hall–Kier alpha value is -0.540. The summed E-state index contributed by atoms with van der Waals surface area (Å²) >= 11 is 6.24. The zero-order valence-electron chi connectivity index (χ0n) is 9.48. The van der Waals surface area contributed by atoms with Crippen molar-refractivity contribution in [3.05, 3.63) is 12.2 Å². The summed E-state index contributed by atoms with van der Waals surface area (Å²) in [5.74, 6) is -0.918. The van der Waals surface area contributed by atoms with Crippen molar-refractivity contribution in [3.8, 4) is 0 Å². The fourth-order valence-electron chi connectivity index (χ4n) is 1.22. The SMILES string of the molecule is C=C(CCCNC(Cl)(CC)CC)C(=O)O. The molecule has 0 atom stereocenters. The molecule has 0 aromatic carbocycles. The molecule has 2 N–H and O–H groups in total. The standard InChI is InChI=1S/C11H20ClNO2/c1-4-11(12,5-2)13-8-6-7-9(3)10(14)15/h13H,3-8H2,1-2H3,(H,14,15). The van der Waals surface area contributed by atoms with E-state index < -0.39 is 5.97 Å². The van der Waals surface area contributed by atoms with Crippen LogP contribution >= 0.6 is 11.6 Å². The molecule has 0 aromatic rings. The minimum Gasteiger partial charge on any atom is -0.478 e. The van der Waals surface area contributed by atoms with Crippen LogP contribution in [0.1, 0.15) is 39.5 Å². The summed E-state index contributed by atoms with van der Waals surface area (Å²) in [6, 6.07) is 0. The van der Waals surface area contributed by atoms with Gasteiger partial charge in [-0.25, -0.2) is 4.79 Å². The lowest BCUT2D eigenvalue weighted by molar-refractivity contribution is -0.132. The van der Waals surface area contributed by atoms with E-state index >= 15 is 0 Å². The molecule has 0 amide bonds. The van der Waals surface area contributed by atoms with Gasteiger partial charge in [0.15, 0.2) is 0 Å². The van der Waals surface area contributed by atoms with Gasteiger partial charge in [-0.3, -0.25) is 5.32 Å². The molecule has 0 spiro atoms. The van der Waals surface area contributed by atoms with E-state index in [-0.39, 0.29) is 10.6 Å². The number of nitrogens with one attached hydrogen (secondary N) is 1. The van der Waals surface area contributed by atoms with Crippen LogP contribution in [0.15, 0.2) is 12.2 Å². The van der Waals surface area contributed by atoms with E-state index in [1.807, 2.05) is 13.8 Å². The summed E-state index contributed by atoms with van der Waals surface area (Å²) in [4.78, 5) is 10.1. The van der Waals surface area contributed by atoms with Crippen LogP contribution in [-0.2, 0) is 4.79 Å². The van der Waals surface area contributed by atoms with Crippen molar-refractivity contribution in [2.75, 3.05) is 6.54 Å². The smallest absolute Gasteiger partial charge is 0.330 e. The number of halogens is 1. The molecule has 0 fully saturated rings. The van der Waals surface area contributed by atoms with Gasteiger partial charge < -0.3 is 5.11 Å². The summed E-state index contributed by atoms with van der Waals surface area (Å²) in [6.45, 7) is 8.24. The maximum atomic E-state index is 10.5. The van der Waals surface area contributed by atoms with Crippen LogP contribution in [0.4, 0.5) is 0 Å². The molecule has 0 bridgehead atoms. The first-order valence-corrected chi connectivity index (χ1v) is 5.68. The fourth-order valence-corrected chi connectivity index (χ4v) is 1.32. The highest BCUT2D eigenvalue weighted by Gasteiger charge is 2.20. The molecule has 0 aliphatic heterocycles. The average Bonchev–Trinajstić information content (AvgIpc) is 2.23. The molecular formula is C11H20ClNO2. The molecule has 0 saturated carbocycles. The van der Waals surface area contributed by atoms with Gasteiger partial charge in [-0.05, 0) is 32.2 Å². The number of aliphatic carboxylic acids is 1. The number of carbonyl (C=O) groups is 1. The summed E-state index contributed by atoms with van der Waals surface area (Å²) in [7, 11) is 0. The minimum atomic E-state index is -0.918. The van der Waals surface area contributed by atoms with Crippen LogP contribution in [-0.4, -0.2) is 22.6 Å². The third-order valence-corrected chi connectivity index (χ3v) is 3.19. The molecule has 0 rings (SSSR count). The van der Waals surface area contributed by atoms with Crippen LogP contribution in [0.2, 0.25) is 0 Å². The third kappa shape index (κ3) is 5.80. The van der Waals surface area contributed by atoms with Gasteiger partial charge in [0.2, 0.25) is 0 Å².